The van der Waals surface area contributed by atoms with E-state index in [-0.39, 0.29) is 24.8 Å². The molecule has 0 saturated carbocycles. The van der Waals surface area contributed by atoms with Gasteiger partial charge in [-0.05, 0) is 44.8 Å². The third-order valence-corrected chi connectivity index (χ3v) is 3.40. The number of piperidine rings is 1. The van der Waals surface area contributed by atoms with Gasteiger partial charge in [-0.15, -0.1) is 24.8 Å². The second-order valence-corrected chi connectivity index (χ2v) is 4.31. The largest absolute Gasteiger partial charge is 0.396 e. The predicted octanol–water partition coefficient (Wildman–Crippen LogP) is 0.896. The molecule has 2 N–H and O–H groups in total. The van der Waals surface area contributed by atoms with Crippen molar-refractivity contribution in [1.82, 2.24) is 10.2 Å². The van der Waals surface area contributed by atoms with E-state index in [9.17, 15) is 0 Å². The van der Waals surface area contributed by atoms with Crippen LogP contribution in [0.4, 0.5) is 0 Å². The Bertz CT molecular complexity index is 166. The summed E-state index contributed by atoms with van der Waals surface area (Å²) in [5.41, 5.74) is 0. The average Bonchev–Trinajstić information content (AvgIpc) is 2.67. The highest BCUT2D eigenvalue weighted by Crippen LogP contribution is 2.21. The molecule has 2 aliphatic rings. The first-order valence-electron chi connectivity index (χ1n) is 5.46. The molecule has 1 unspecified atom stereocenters. The van der Waals surface area contributed by atoms with Crippen molar-refractivity contribution in [2.75, 3.05) is 32.8 Å². The Balaban J connectivity index is 0.000000980. The van der Waals surface area contributed by atoms with Crippen LogP contribution in [0.1, 0.15) is 19.3 Å². The molecule has 0 aromatic carbocycles. The van der Waals surface area contributed by atoms with Crippen molar-refractivity contribution in [3.05, 3.63) is 0 Å². The summed E-state index contributed by atoms with van der Waals surface area (Å²) >= 11 is 0. The lowest BCUT2D eigenvalue weighted by molar-refractivity contribution is 0.174. The highest BCUT2D eigenvalue weighted by molar-refractivity contribution is 5.85. The molecule has 2 saturated heterocycles. The molecule has 0 spiro atoms. The van der Waals surface area contributed by atoms with Gasteiger partial charge in [0.05, 0.1) is 0 Å². The van der Waals surface area contributed by atoms with Gasteiger partial charge in [0.1, 0.15) is 0 Å². The molecular formula is C10H22Cl2N2O. The van der Waals surface area contributed by atoms with E-state index in [4.69, 9.17) is 5.11 Å². The Morgan fingerprint density at radius 2 is 1.80 bits per heavy atom. The van der Waals surface area contributed by atoms with Crippen LogP contribution >= 0.6 is 24.8 Å². The summed E-state index contributed by atoms with van der Waals surface area (Å²) < 4.78 is 0. The van der Waals surface area contributed by atoms with Gasteiger partial charge in [-0.1, -0.05) is 0 Å². The van der Waals surface area contributed by atoms with E-state index in [0.717, 1.165) is 12.6 Å². The number of likely N-dealkylation sites (tertiary alicyclic amines) is 1. The fraction of sp³-hybridized carbons (Fsp3) is 1.00. The van der Waals surface area contributed by atoms with Gasteiger partial charge in [-0.3, -0.25) is 4.90 Å². The molecule has 5 heteroatoms. The number of hydrogen-bond donors (Lipinski definition) is 2. The maximum Gasteiger partial charge on any atom is 0.0471 e. The van der Waals surface area contributed by atoms with Gasteiger partial charge in [-0.2, -0.15) is 0 Å². The fourth-order valence-corrected chi connectivity index (χ4v) is 2.52. The van der Waals surface area contributed by atoms with E-state index >= 15 is 0 Å². The molecule has 0 aromatic rings. The van der Waals surface area contributed by atoms with E-state index in [0.29, 0.717) is 12.5 Å². The number of nitrogens with one attached hydrogen (secondary N) is 1. The Hall–Kier alpha value is 0.460. The van der Waals surface area contributed by atoms with E-state index in [2.05, 4.69) is 10.2 Å². The highest BCUT2D eigenvalue weighted by Gasteiger charge is 2.28. The predicted molar refractivity (Wildman–Crippen MR) is 67.2 cm³/mol. The van der Waals surface area contributed by atoms with Crippen LogP contribution in [0.2, 0.25) is 0 Å². The third-order valence-electron chi connectivity index (χ3n) is 3.40. The summed E-state index contributed by atoms with van der Waals surface area (Å²) in [6.45, 7) is 5.05. The lowest BCUT2D eigenvalue weighted by Crippen LogP contribution is -2.42. The molecule has 15 heavy (non-hydrogen) atoms. The van der Waals surface area contributed by atoms with E-state index in [1.165, 1.54) is 38.9 Å². The Morgan fingerprint density at radius 1 is 1.13 bits per heavy atom. The number of halogens is 2. The summed E-state index contributed by atoms with van der Waals surface area (Å²) in [5, 5.41) is 12.4. The van der Waals surface area contributed by atoms with Crippen molar-refractivity contribution < 1.29 is 5.11 Å². The van der Waals surface area contributed by atoms with Gasteiger partial charge in [0.25, 0.3) is 0 Å². The second-order valence-electron chi connectivity index (χ2n) is 4.31. The van der Waals surface area contributed by atoms with Crippen molar-refractivity contribution in [3.63, 3.8) is 0 Å². The lowest BCUT2D eigenvalue weighted by Gasteiger charge is -2.31. The Kier molecular flexibility index (Phi) is 7.92. The zero-order valence-electron chi connectivity index (χ0n) is 9.02. The molecule has 2 aliphatic heterocycles. The topological polar surface area (TPSA) is 35.5 Å². The summed E-state index contributed by atoms with van der Waals surface area (Å²) in [6.07, 6.45) is 3.77. The summed E-state index contributed by atoms with van der Waals surface area (Å²) in [6, 6.07) is 0.790. The SMILES string of the molecule is Cl.Cl.OCC1CCN(C2CCNCC2)C1. The molecule has 0 amide bonds. The maximum absolute atomic E-state index is 9.04. The molecule has 0 aliphatic carbocycles. The zero-order chi connectivity index (χ0) is 9.10. The molecule has 2 fully saturated rings. The number of rotatable bonds is 2. The normalized spacial score (nSPS) is 28.2. The molecular weight excluding hydrogens is 235 g/mol. The Labute approximate surface area is 104 Å². The van der Waals surface area contributed by atoms with Crippen molar-refractivity contribution in [1.29, 1.82) is 0 Å². The fourth-order valence-electron chi connectivity index (χ4n) is 2.52. The van der Waals surface area contributed by atoms with Crippen LogP contribution in [0, 0.1) is 5.92 Å². The van der Waals surface area contributed by atoms with Gasteiger partial charge in [-0.25, -0.2) is 0 Å². The maximum atomic E-state index is 9.04. The van der Waals surface area contributed by atoms with Crippen LogP contribution < -0.4 is 5.32 Å². The van der Waals surface area contributed by atoms with Crippen LogP contribution in [0.3, 0.4) is 0 Å². The molecule has 3 nitrogen and oxygen atoms in total. The third kappa shape index (κ3) is 4.08. The molecule has 92 valence electrons. The van der Waals surface area contributed by atoms with Gasteiger partial charge in [0.15, 0.2) is 0 Å². The minimum absolute atomic E-state index is 0. The van der Waals surface area contributed by atoms with Gasteiger partial charge < -0.3 is 10.4 Å². The number of aliphatic hydroxyl groups excluding tert-OH is 1. The van der Waals surface area contributed by atoms with Crippen LogP contribution in [0.25, 0.3) is 0 Å². The Morgan fingerprint density at radius 3 is 2.33 bits per heavy atom. The molecule has 1 atom stereocenters. The summed E-state index contributed by atoms with van der Waals surface area (Å²) in [4.78, 5) is 2.57. The monoisotopic (exact) mass is 256 g/mol. The van der Waals surface area contributed by atoms with Crippen molar-refractivity contribution in [3.8, 4) is 0 Å². The first-order valence-corrected chi connectivity index (χ1v) is 5.46. The first kappa shape index (κ1) is 15.5. The minimum Gasteiger partial charge on any atom is -0.396 e. The minimum atomic E-state index is 0. The average molecular weight is 257 g/mol. The molecule has 2 rings (SSSR count). The number of nitrogens with zero attached hydrogens (tertiary/aromatic N) is 1. The van der Waals surface area contributed by atoms with E-state index in [1.807, 2.05) is 0 Å². The summed E-state index contributed by atoms with van der Waals surface area (Å²) in [7, 11) is 0. The van der Waals surface area contributed by atoms with E-state index < -0.39 is 0 Å². The van der Waals surface area contributed by atoms with Crippen molar-refractivity contribution >= 4 is 24.8 Å². The quantitative estimate of drug-likeness (QED) is 0.771. The van der Waals surface area contributed by atoms with Crippen molar-refractivity contribution in [2.24, 2.45) is 5.92 Å². The van der Waals surface area contributed by atoms with E-state index in [1.54, 1.807) is 0 Å². The first-order chi connectivity index (χ1) is 6.40. The number of aliphatic hydroxyl groups is 1. The lowest BCUT2D eigenvalue weighted by atomic mass is 10.1. The van der Waals surface area contributed by atoms with Crippen LogP contribution in [-0.2, 0) is 0 Å². The van der Waals surface area contributed by atoms with Crippen LogP contribution in [0.15, 0.2) is 0 Å². The molecule has 2 heterocycles. The molecule has 0 aromatic heterocycles. The highest BCUT2D eigenvalue weighted by atomic mass is 35.5. The zero-order valence-corrected chi connectivity index (χ0v) is 10.7. The molecule has 0 radical (unpaired) electrons. The van der Waals surface area contributed by atoms with Crippen LogP contribution in [0.5, 0.6) is 0 Å². The standard InChI is InChI=1S/C10H20N2O.2ClH/c13-8-9-3-6-12(7-9)10-1-4-11-5-2-10;;/h9-11,13H,1-8H2;2*1H. The van der Waals surface area contributed by atoms with Crippen LogP contribution in [-0.4, -0.2) is 48.8 Å². The summed E-state index contributed by atoms with van der Waals surface area (Å²) in [5.74, 6) is 0.551. The van der Waals surface area contributed by atoms with Gasteiger partial charge in [0, 0.05) is 19.2 Å². The molecule has 0 bridgehead atoms. The van der Waals surface area contributed by atoms with Crippen molar-refractivity contribution in [2.45, 2.75) is 25.3 Å². The smallest absolute Gasteiger partial charge is 0.0471 e. The number of hydrogen-bond acceptors (Lipinski definition) is 3. The van der Waals surface area contributed by atoms with Gasteiger partial charge >= 0.3 is 0 Å². The van der Waals surface area contributed by atoms with Gasteiger partial charge in [0.2, 0.25) is 0 Å². The second kappa shape index (κ2) is 7.69.